The fraction of sp³-hybridized carbons (Fsp3) is 0.222. The maximum Gasteiger partial charge on any atom is 0.217 e. The van der Waals surface area contributed by atoms with Crippen LogP contribution in [-0.4, -0.2) is 15.0 Å². The maximum absolute atomic E-state index is 12.8. The van der Waals surface area contributed by atoms with Crippen LogP contribution in [0.1, 0.15) is 18.0 Å². The Bertz CT molecular complexity index is 431. The molecule has 15 heavy (non-hydrogen) atoms. The van der Waals surface area contributed by atoms with Crippen molar-refractivity contribution in [3.63, 3.8) is 0 Å². The van der Waals surface area contributed by atoms with Crippen LogP contribution in [-0.2, 0) is 0 Å². The number of rotatable bonds is 3. The van der Waals surface area contributed by atoms with E-state index < -0.39 is 5.95 Å². The number of nitrogens with zero attached hydrogens (tertiary/aromatic N) is 3. The van der Waals surface area contributed by atoms with Crippen molar-refractivity contribution < 1.29 is 4.39 Å². The summed E-state index contributed by atoms with van der Waals surface area (Å²) >= 11 is 1.54. The number of halogens is 1. The molecule has 0 aliphatic carbocycles. The zero-order valence-electron chi connectivity index (χ0n) is 8.01. The van der Waals surface area contributed by atoms with Gasteiger partial charge in [-0.1, -0.05) is 0 Å². The van der Waals surface area contributed by atoms with Crippen LogP contribution < -0.4 is 5.32 Å². The predicted molar refractivity (Wildman–Crippen MR) is 56.1 cm³/mol. The molecule has 1 unspecified atom stereocenters. The van der Waals surface area contributed by atoms with Gasteiger partial charge in [-0.3, -0.25) is 0 Å². The molecular weight excluding hydrogens is 215 g/mol. The molecular formula is C9H9FN4S. The van der Waals surface area contributed by atoms with E-state index in [1.165, 1.54) is 12.4 Å². The molecule has 0 bridgehead atoms. The molecule has 0 radical (unpaired) electrons. The van der Waals surface area contributed by atoms with E-state index in [0.29, 0.717) is 5.82 Å². The summed E-state index contributed by atoms with van der Waals surface area (Å²) in [5.74, 6) is -0.0796. The topological polar surface area (TPSA) is 50.7 Å². The molecule has 2 aromatic rings. The third-order valence-corrected chi connectivity index (χ3v) is 2.78. The molecule has 0 aliphatic rings. The largest absolute Gasteiger partial charge is 0.361 e. The Morgan fingerprint density at radius 2 is 2.27 bits per heavy atom. The van der Waals surface area contributed by atoms with Crippen LogP contribution in [0.3, 0.4) is 0 Å². The Kier molecular flexibility index (Phi) is 2.86. The molecule has 2 aromatic heterocycles. The molecule has 0 aliphatic heterocycles. The van der Waals surface area contributed by atoms with E-state index in [1.807, 2.05) is 12.3 Å². The van der Waals surface area contributed by atoms with Crippen LogP contribution in [0.2, 0.25) is 0 Å². The monoisotopic (exact) mass is 224 g/mol. The van der Waals surface area contributed by atoms with E-state index in [4.69, 9.17) is 0 Å². The first-order valence-corrected chi connectivity index (χ1v) is 5.27. The second kappa shape index (κ2) is 4.31. The average Bonchev–Trinajstić information content (AvgIpc) is 2.70. The van der Waals surface area contributed by atoms with Gasteiger partial charge in [0.15, 0.2) is 0 Å². The van der Waals surface area contributed by atoms with Gasteiger partial charge in [-0.2, -0.15) is 4.39 Å². The molecule has 1 atom stereocenters. The SMILES string of the molecule is CC(Nc1cc(F)ncn1)c1nccs1. The first kappa shape index (κ1) is 9.97. The molecule has 0 saturated carbocycles. The summed E-state index contributed by atoms with van der Waals surface area (Å²) in [6.45, 7) is 1.94. The second-order valence-corrected chi connectivity index (χ2v) is 3.89. The summed E-state index contributed by atoms with van der Waals surface area (Å²) in [6, 6.07) is 1.27. The van der Waals surface area contributed by atoms with E-state index in [2.05, 4.69) is 20.3 Å². The fourth-order valence-electron chi connectivity index (χ4n) is 1.14. The van der Waals surface area contributed by atoms with Gasteiger partial charge in [0.25, 0.3) is 0 Å². The van der Waals surface area contributed by atoms with Gasteiger partial charge in [-0.15, -0.1) is 11.3 Å². The number of aromatic nitrogens is 3. The highest BCUT2D eigenvalue weighted by molar-refractivity contribution is 7.09. The first-order valence-electron chi connectivity index (χ1n) is 4.39. The fourth-order valence-corrected chi connectivity index (χ4v) is 1.79. The van der Waals surface area contributed by atoms with Gasteiger partial charge in [0.05, 0.1) is 6.04 Å². The van der Waals surface area contributed by atoms with Crippen LogP contribution >= 0.6 is 11.3 Å². The lowest BCUT2D eigenvalue weighted by Gasteiger charge is -2.10. The third-order valence-electron chi connectivity index (χ3n) is 1.82. The standard InChI is InChI=1S/C9H9FN4S/c1-6(9-11-2-3-15-9)14-8-4-7(10)12-5-13-8/h2-6H,1H3,(H,12,13,14). The summed E-state index contributed by atoms with van der Waals surface area (Å²) in [4.78, 5) is 11.4. The smallest absolute Gasteiger partial charge is 0.217 e. The van der Waals surface area contributed by atoms with Gasteiger partial charge in [-0.25, -0.2) is 15.0 Å². The van der Waals surface area contributed by atoms with E-state index >= 15 is 0 Å². The minimum Gasteiger partial charge on any atom is -0.361 e. The minimum atomic E-state index is -0.543. The first-order chi connectivity index (χ1) is 7.25. The Hall–Kier alpha value is -1.56. The van der Waals surface area contributed by atoms with E-state index in [9.17, 15) is 4.39 Å². The van der Waals surface area contributed by atoms with E-state index in [0.717, 1.165) is 5.01 Å². The van der Waals surface area contributed by atoms with Crippen molar-refractivity contribution in [1.82, 2.24) is 15.0 Å². The molecule has 78 valence electrons. The molecule has 4 nitrogen and oxygen atoms in total. The molecule has 0 saturated heterocycles. The minimum absolute atomic E-state index is 0.0132. The summed E-state index contributed by atoms with van der Waals surface area (Å²) in [7, 11) is 0. The van der Waals surface area contributed by atoms with E-state index in [-0.39, 0.29) is 6.04 Å². The molecule has 0 aromatic carbocycles. The van der Waals surface area contributed by atoms with Crippen molar-refractivity contribution in [2.75, 3.05) is 5.32 Å². The third kappa shape index (κ3) is 2.47. The average molecular weight is 224 g/mol. The quantitative estimate of drug-likeness (QED) is 0.812. The highest BCUT2D eigenvalue weighted by atomic mass is 32.1. The lowest BCUT2D eigenvalue weighted by molar-refractivity contribution is 0.579. The van der Waals surface area contributed by atoms with Crippen LogP contribution in [0.25, 0.3) is 0 Å². The molecule has 1 N–H and O–H groups in total. The maximum atomic E-state index is 12.8. The Morgan fingerprint density at radius 1 is 1.40 bits per heavy atom. The van der Waals surface area contributed by atoms with Crippen LogP contribution in [0.5, 0.6) is 0 Å². The van der Waals surface area contributed by atoms with Crippen molar-refractivity contribution in [3.05, 3.63) is 34.9 Å². The van der Waals surface area contributed by atoms with Crippen molar-refractivity contribution >= 4 is 17.2 Å². The van der Waals surface area contributed by atoms with Gasteiger partial charge < -0.3 is 5.32 Å². The van der Waals surface area contributed by atoms with Gasteiger partial charge in [0, 0.05) is 17.6 Å². The van der Waals surface area contributed by atoms with Crippen LogP contribution in [0.4, 0.5) is 10.2 Å². The molecule has 2 heterocycles. The Morgan fingerprint density at radius 3 is 2.93 bits per heavy atom. The Balaban J connectivity index is 2.09. The number of nitrogens with one attached hydrogen (secondary N) is 1. The second-order valence-electron chi connectivity index (χ2n) is 2.96. The van der Waals surface area contributed by atoms with Crippen molar-refractivity contribution in [2.45, 2.75) is 13.0 Å². The molecule has 2 rings (SSSR count). The summed E-state index contributed by atoms with van der Waals surface area (Å²) < 4.78 is 12.8. The highest BCUT2D eigenvalue weighted by Crippen LogP contribution is 2.19. The van der Waals surface area contributed by atoms with Gasteiger partial charge >= 0.3 is 0 Å². The number of thiazole rings is 1. The zero-order chi connectivity index (χ0) is 10.7. The number of anilines is 1. The van der Waals surface area contributed by atoms with Gasteiger partial charge in [-0.05, 0) is 6.92 Å². The normalized spacial score (nSPS) is 12.4. The molecule has 6 heteroatoms. The van der Waals surface area contributed by atoms with Crippen LogP contribution in [0, 0.1) is 5.95 Å². The molecule has 0 spiro atoms. The number of hydrogen-bond donors (Lipinski definition) is 1. The van der Waals surface area contributed by atoms with Crippen molar-refractivity contribution in [3.8, 4) is 0 Å². The molecule has 0 amide bonds. The van der Waals surface area contributed by atoms with Crippen LogP contribution in [0.15, 0.2) is 24.0 Å². The highest BCUT2D eigenvalue weighted by Gasteiger charge is 2.08. The van der Waals surface area contributed by atoms with Gasteiger partial charge in [0.2, 0.25) is 5.95 Å². The van der Waals surface area contributed by atoms with E-state index in [1.54, 1.807) is 17.5 Å². The number of hydrogen-bond acceptors (Lipinski definition) is 5. The predicted octanol–water partition coefficient (Wildman–Crippen LogP) is 2.25. The summed E-state index contributed by atoms with van der Waals surface area (Å²) in [5, 5.41) is 5.88. The summed E-state index contributed by atoms with van der Waals surface area (Å²) in [6.07, 6.45) is 2.92. The zero-order valence-corrected chi connectivity index (χ0v) is 8.83. The molecule has 0 fully saturated rings. The summed E-state index contributed by atoms with van der Waals surface area (Å²) in [5.41, 5.74) is 0. The Labute approximate surface area is 90.2 Å². The van der Waals surface area contributed by atoms with Crippen molar-refractivity contribution in [1.29, 1.82) is 0 Å². The van der Waals surface area contributed by atoms with Gasteiger partial charge in [0.1, 0.15) is 17.2 Å². The lowest BCUT2D eigenvalue weighted by atomic mass is 10.3. The van der Waals surface area contributed by atoms with Crippen molar-refractivity contribution in [2.24, 2.45) is 0 Å². The lowest BCUT2D eigenvalue weighted by Crippen LogP contribution is -2.07.